The smallest absolute Gasteiger partial charge is 0.141 e. The predicted octanol–water partition coefficient (Wildman–Crippen LogP) is 4.65. The maximum atomic E-state index is 13.9. The summed E-state index contributed by atoms with van der Waals surface area (Å²) in [7, 11) is 0. The number of nitrogens with one attached hydrogen (secondary N) is 1. The van der Waals surface area contributed by atoms with E-state index in [1.807, 2.05) is 6.92 Å². The Morgan fingerprint density at radius 1 is 1.05 bits per heavy atom. The highest BCUT2D eigenvalue weighted by molar-refractivity contribution is 6.30. The highest BCUT2D eigenvalue weighted by atomic mass is 35.5. The molecular formula is C16H15ClF3N. The second kappa shape index (κ2) is 6.96. The molecule has 0 heterocycles. The van der Waals surface area contributed by atoms with Gasteiger partial charge in [-0.1, -0.05) is 24.6 Å². The zero-order chi connectivity index (χ0) is 15.4. The second-order valence-electron chi connectivity index (χ2n) is 4.73. The van der Waals surface area contributed by atoms with Crippen molar-refractivity contribution < 1.29 is 13.2 Å². The van der Waals surface area contributed by atoms with E-state index in [0.29, 0.717) is 13.0 Å². The van der Waals surface area contributed by atoms with Gasteiger partial charge in [0.2, 0.25) is 0 Å². The van der Waals surface area contributed by atoms with Crippen LogP contribution in [0.4, 0.5) is 13.2 Å². The van der Waals surface area contributed by atoms with Crippen molar-refractivity contribution in [3.05, 3.63) is 70.0 Å². The monoisotopic (exact) mass is 313 g/mol. The third kappa shape index (κ3) is 3.99. The normalized spacial score (nSPS) is 12.4. The third-order valence-electron chi connectivity index (χ3n) is 3.21. The van der Waals surface area contributed by atoms with Gasteiger partial charge < -0.3 is 5.32 Å². The van der Waals surface area contributed by atoms with E-state index in [-0.39, 0.29) is 10.6 Å². The SMILES string of the molecule is CCNC(Cc1ccc(F)c(Cl)c1)c1cc(F)ccc1F. The van der Waals surface area contributed by atoms with Crippen molar-refractivity contribution in [2.75, 3.05) is 6.54 Å². The fraction of sp³-hybridized carbons (Fsp3) is 0.250. The number of rotatable bonds is 5. The zero-order valence-corrected chi connectivity index (χ0v) is 12.2. The standard InChI is InChI=1S/C16H15ClF3N/c1-2-21-16(12-9-11(18)4-6-14(12)19)8-10-3-5-15(20)13(17)7-10/h3-7,9,16,21H,2,8H2,1H3. The molecule has 0 aromatic heterocycles. The number of hydrogen-bond acceptors (Lipinski definition) is 1. The van der Waals surface area contributed by atoms with E-state index < -0.39 is 23.5 Å². The first-order chi connectivity index (χ1) is 10.0. The maximum absolute atomic E-state index is 13.9. The van der Waals surface area contributed by atoms with E-state index in [1.54, 1.807) is 6.07 Å². The van der Waals surface area contributed by atoms with Crippen molar-refractivity contribution in [2.45, 2.75) is 19.4 Å². The Hall–Kier alpha value is -1.52. The van der Waals surface area contributed by atoms with Crippen molar-refractivity contribution >= 4 is 11.6 Å². The molecule has 2 aromatic carbocycles. The summed E-state index contributed by atoms with van der Waals surface area (Å²) < 4.78 is 40.4. The molecule has 1 atom stereocenters. The summed E-state index contributed by atoms with van der Waals surface area (Å²) in [6.07, 6.45) is 0.383. The first kappa shape index (κ1) is 15.9. The van der Waals surface area contributed by atoms with Crippen LogP contribution >= 0.6 is 11.6 Å². The topological polar surface area (TPSA) is 12.0 Å². The van der Waals surface area contributed by atoms with Gasteiger partial charge in [-0.2, -0.15) is 0 Å². The molecular weight excluding hydrogens is 299 g/mol. The molecule has 0 fully saturated rings. The van der Waals surface area contributed by atoms with Crippen molar-refractivity contribution in [1.82, 2.24) is 5.32 Å². The number of hydrogen-bond donors (Lipinski definition) is 1. The van der Waals surface area contributed by atoms with Gasteiger partial charge in [0, 0.05) is 11.6 Å². The van der Waals surface area contributed by atoms with Crippen LogP contribution in [-0.4, -0.2) is 6.54 Å². The largest absolute Gasteiger partial charge is 0.310 e. The lowest BCUT2D eigenvalue weighted by atomic mass is 9.98. The molecule has 0 bridgehead atoms. The van der Waals surface area contributed by atoms with Crippen molar-refractivity contribution in [2.24, 2.45) is 0 Å². The summed E-state index contributed by atoms with van der Waals surface area (Å²) >= 11 is 5.75. The minimum absolute atomic E-state index is 0.0162. The second-order valence-corrected chi connectivity index (χ2v) is 5.14. The fourth-order valence-electron chi connectivity index (χ4n) is 2.22. The van der Waals surface area contributed by atoms with Gasteiger partial charge in [0.25, 0.3) is 0 Å². The zero-order valence-electron chi connectivity index (χ0n) is 11.5. The van der Waals surface area contributed by atoms with Gasteiger partial charge >= 0.3 is 0 Å². The summed E-state index contributed by atoms with van der Waals surface area (Å²) in [4.78, 5) is 0. The average Bonchev–Trinajstić information content (AvgIpc) is 2.45. The molecule has 0 radical (unpaired) electrons. The summed E-state index contributed by atoms with van der Waals surface area (Å²) in [5, 5.41) is 3.12. The first-order valence-corrected chi connectivity index (χ1v) is 7.01. The predicted molar refractivity (Wildman–Crippen MR) is 77.9 cm³/mol. The summed E-state index contributed by atoms with van der Waals surface area (Å²) in [6.45, 7) is 2.47. The lowest BCUT2D eigenvalue weighted by Crippen LogP contribution is -2.24. The molecule has 2 rings (SSSR count). The van der Waals surface area contributed by atoms with E-state index in [4.69, 9.17) is 11.6 Å². The molecule has 2 aromatic rings. The fourth-order valence-corrected chi connectivity index (χ4v) is 2.43. The maximum Gasteiger partial charge on any atom is 0.141 e. The van der Waals surface area contributed by atoms with Crippen LogP contribution < -0.4 is 5.32 Å². The number of halogens is 4. The van der Waals surface area contributed by atoms with Crippen LogP contribution in [0.15, 0.2) is 36.4 Å². The van der Waals surface area contributed by atoms with E-state index >= 15 is 0 Å². The Morgan fingerprint density at radius 3 is 2.43 bits per heavy atom. The van der Waals surface area contributed by atoms with Gasteiger partial charge in [0.15, 0.2) is 0 Å². The van der Waals surface area contributed by atoms with Crippen molar-refractivity contribution in [1.29, 1.82) is 0 Å². The molecule has 1 nitrogen and oxygen atoms in total. The molecule has 0 saturated heterocycles. The number of likely N-dealkylation sites (N-methyl/N-ethyl adjacent to an activating group) is 1. The molecule has 1 N–H and O–H groups in total. The molecule has 0 aliphatic carbocycles. The van der Waals surface area contributed by atoms with Crippen LogP contribution in [0.1, 0.15) is 24.1 Å². The molecule has 0 spiro atoms. The highest BCUT2D eigenvalue weighted by Crippen LogP contribution is 2.24. The summed E-state index contributed by atoms with van der Waals surface area (Å²) in [5.41, 5.74) is 0.994. The highest BCUT2D eigenvalue weighted by Gasteiger charge is 2.17. The Balaban J connectivity index is 2.30. The minimum Gasteiger partial charge on any atom is -0.310 e. The van der Waals surface area contributed by atoms with Crippen LogP contribution in [0.3, 0.4) is 0 Å². The van der Waals surface area contributed by atoms with Crippen LogP contribution in [0.25, 0.3) is 0 Å². The van der Waals surface area contributed by atoms with Crippen molar-refractivity contribution in [3.63, 3.8) is 0 Å². The van der Waals surface area contributed by atoms with Gasteiger partial charge in [0.1, 0.15) is 17.5 Å². The Morgan fingerprint density at radius 2 is 1.76 bits per heavy atom. The molecule has 5 heteroatoms. The van der Waals surface area contributed by atoms with Gasteiger partial charge in [-0.25, -0.2) is 13.2 Å². The minimum atomic E-state index is -0.502. The van der Waals surface area contributed by atoms with E-state index in [1.165, 1.54) is 18.2 Å². The van der Waals surface area contributed by atoms with E-state index in [2.05, 4.69) is 5.32 Å². The van der Waals surface area contributed by atoms with Gasteiger partial charge in [-0.05, 0) is 48.9 Å². The van der Waals surface area contributed by atoms with E-state index in [9.17, 15) is 13.2 Å². The quantitative estimate of drug-likeness (QED) is 0.847. The molecule has 1 unspecified atom stereocenters. The van der Waals surface area contributed by atoms with Crippen LogP contribution in [-0.2, 0) is 6.42 Å². The Kier molecular flexibility index (Phi) is 5.26. The Bertz CT molecular complexity index is 631. The molecule has 0 amide bonds. The number of benzene rings is 2. The molecule has 0 aliphatic rings. The molecule has 21 heavy (non-hydrogen) atoms. The lowest BCUT2D eigenvalue weighted by molar-refractivity contribution is 0.501. The first-order valence-electron chi connectivity index (χ1n) is 6.63. The van der Waals surface area contributed by atoms with Crippen LogP contribution in [0.2, 0.25) is 5.02 Å². The van der Waals surface area contributed by atoms with Crippen LogP contribution in [0, 0.1) is 17.5 Å². The van der Waals surface area contributed by atoms with Gasteiger partial charge in [-0.3, -0.25) is 0 Å². The molecule has 0 saturated carbocycles. The van der Waals surface area contributed by atoms with E-state index in [0.717, 1.165) is 17.7 Å². The van der Waals surface area contributed by atoms with Gasteiger partial charge in [0.05, 0.1) is 5.02 Å². The van der Waals surface area contributed by atoms with Gasteiger partial charge in [-0.15, -0.1) is 0 Å². The average molecular weight is 314 g/mol. The van der Waals surface area contributed by atoms with Crippen molar-refractivity contribution in [3.8, 4) is 0 Å². The molecule has 0 aliphatic heterocycles. The Labute approximate surface area is 126 Å². The lowest BCUT2D eigenvalue weighted by Gasteiger charge is -2.19. The third-order valence-corrected chi connectivity index (χ3v) is 3.50. The summed E-state index contributed by atoms with van der Waals surface area (Å²) in [6, 6.07) is 7.30. The van der Waals surface area contributed by atoms with Crippen LogP contribution in [0.5, 0.6) is 0 Å². The summed E-state index contributed by atoms with van der Waals surface area (Å²) in [5.74, 6) is -1.47. The molecule has 112 valence electrons.